The van der Waals surface area contributed by atoms with E-state index in [9.17, 15) is 0 Å². The number of aromatic nitrogens is 1. The van der Waals surface area contributed by atoms with Crippen LogP contribution in [0.4, 0.5) is 0 Å². The van der Waals surface area contributed by atoms with Gasteiger partial charge in [-0.05, 0) is 80.0 Å². The van der Waals surface area contributed by atoms with Crippen LogP contribution in [0.15, 0.2) is 48.7 Å². The average molecular weight is 318 g/mol. The van der Waals surface area contributed by atoms with Crippen LogP contribution < -0.4 is 5.32 Å². The lowest BCUT2D eigenvalue weighted by molar-refractivity contribution is 0.656. The van der Waals surface area contributed by atoms with Crippen molar-refractivity contribution >= 4 is 5.52 Å². The van der Waals surface area contributed by atoms with Gasteiger partial charge in [0.05, 0.1) is 0 Å². The molecule has 2 heterocycles. The third kappa shape index (κ3) is 2.99. The average Bonchev–Trinajstić information content (AvgIpc) is 2.93. The number of pyridine rings is 1. The predicted octanol–water partition coefficient (Wildman–Crippen LogP) is 4.46. The van der Waals surface area contributed by atoms with Gasteiger partial charge in [-0.15, -0.1) is 0 Å². The molecule has 2 nitrogen and oxygen atoms in total. The van der Waals surface area contributed by atoms with Crippen LogP contribution in [0, 0.1) is 6.92 Å². The van der Waals surface area contributed by atoms with Crippen molar-refractivity contribution in [3.05, 3.63) is 76.6 Å². The molecule has 2 heteroatoms. The molecule has 2 aromatic heterocycles. The van der Waals surface area contributed by atoms with E-state index >= 15 is 0 Å². The first-order valence-electron chi connectivity index (χ1n) is 9.19. The number of nitrogens with one attached hydrogen (secondary N) is 1. The number of nitrogens with zero attached hydrogens (tertiary/aromatic N) is 1. The number of rotatable bonds is 5. The van der Waals surface area contributed by atoms with Gasteiger partial charge < -0.3 is 9.72 Å². The molecule has 0 radical (unpaired) electrons. The second-order valence-corrected chi connectivity index (χ2v) is 6.98. The van der Waals surface area contributed by atoms with Crippen molar-refractivity contribution in [2.75, 3.05) is 6.54 Å². The Kier molecular flexibility index (Phi) is 4.40. The molecule has 3 aromatic rings. The van der Waals surface area contributed by atoms with Crippen LogP contribution in [0.1, 0.15) is 40.8 Å². The maximum Gasteiger partial charge on any atom is 0.0490 e. The highest BCUT2D eigenvalue weighted by molar-refractivity contribution is 5.63. The Morgan fingerprint density at radius 3 is 2.75 bits per heavy atom. The maximum atomic E-state index is 3.62. The first-order chi connectivity index (χ1) is 11.8. The number of benzene rings is 1. The minimum absolute atomic E-state index is 0.952. The van der Waals surface area contributed by atoms with E-state index in [1.807, 2.05) is 0 Å². The van der Waals surface area contributed by atoms with Gasteiger partial charge in [-0.25, -0.2) is 0 Å². The topological polar surface area (TPSA) is 16.4 Å². The van der Waals surface area contributed by atoms with Crippen LogP contribution in [0.2, 0.25) is 0 Å². The summed E-state index contributed by atoms with van der Waals surface area (Å²) in [6.45, 7) is 4.19. The van der Waals surface area contributed by atoms with E-state index in [2.05, 4.69) is 65.3 Å². The van der Waals surface area contributed by atoms with Crippen LogP contribution in [0.3, 0.4) is 0 Å². The summed E-state index contributed by atoms with van der Waals surface area (Å²) >= 11 is 0. The molecule has 0 saturated heterocycles. The number of aryl methyl sites for hydroxylation is 2. The molecule has 0 atom stereocenters. The highest BCUT2D eigenvalue weighted by atomic mass is 14.9. The molecular weight excluding hydrogens is 292 g/mol. The van der Waals surface area contributed by atoms with Crippen molar-refractivity contribution < 1.29 is 0 Å². The molecule has 0 saturated carbocycles. The van der Waals surface area contributed by atoms with Crippen molar-refractivity contribution in [2.24, 2.45) is 0 Å². The number of fused-ring (bicyclic) bond motifs is 3. The molecule has 1 aromatic carbocycles. The lowest BCUT2D eigenvalue weighted by Gasteiger charge is -2.13. The molecule has 0 fully saturated rings. The highest BCUT2D eigenvalue weighted by Gasteiger charge is 2.20. The second kappa shape index (κ2) is 6.82. The molecule has 4 rings (SSSR count). The Balaban J connectivity index is 1.54. The van der Waals surface area contributed by atoms with Crippen molar-refractivity contribution in [1.29, 1.82) is 0 Å². The fourth-order valence-corrected chi connectivity index (χ4v) is 4.03. The standard InChI is InChI=1S/C22H26N2/c1-17-12-14-24-21-10-6-5-9-19(21)20(22(24)15-17)11-13-23-16-18-7-3-2-4-8-18/h2-4,7-8,12,14-15,23H,5-6,9-11,13,16H2,1H3. The monoisotopic (exact) mass is 318 g/mol. The summed E-state index contributed by atoms with van der Waals surface area (Å²) < 4.78 is 2.45. The molecule has 1 aliphatic rings. The quantitative estimate of drug-likeness (QED) is 0.687. The van der Waals surface area contributed by atoms with Crippen LogP contribution in [-0.4, -0.2) is 10.9 Å². The Hall–Kier alpha value is -2.06. The summed E-state index contributed by atoms with van der Waals surface area (Å²) in [4.78, 5) is 0. The van der Waals surface area contributed by atoms with E-state index in [1.165, 1.54) is 42.3 Å². The molecule has 0 aliphatic heterocycles. The third-order valence-corrected chi connectivity index (χ3v) is 5.24. The summed E-state index contributed by atoms with van der Waals surface area (Å²) in [5.74, 6) is 0. The summed E-state index contributed by atoms with van der Waals surface area (Å²) in [6, 6.07) is 15.3. The summed E-state index contributed by atoms with van der Waals surface area (Å²) in [7, 11) is 0. The molecule has 0 bridgehead atoms. The van der Waals surface area contributed by atoms with E-state index in [0.29, 0.717) is 0 Å². The Morgan fingerprint density at radius 1 is 1.04 bits per heavy atom. The fraction of sp³-hybridized carbons (Fsp3) is 0.364. The van der Waals surface area contributed by atoms with Crippen LogP contribution in [0.5, 0.6) is 0 Å². The molecular formula is C22H26N2. The number of hydrogen-bond donors (Lipinski definition) is 1. The summed E-state index contributed by atoms with van der Waals surface area (Å²) in [6.07, 6.45) is 8.55. The van der Waals surface area contributed by atoms with Crippen molar-refractivity contribution in [3.8, 4) is 0 Å². The zero-order valence-electron chi connectivity index (χ0n) is 14.5. The van der Waals surface area contributed by atoms with Gasteiger partial charge in [0.15, 0.2) is 0 Å². The molecule has 24 heavy (non-hydrogen) atoms. The second-order valence-electron chi connectivity index (χ2n) is 6.98. The van der Waals surface area contributed by atoms with Gasteiger partial charge in [0.25, 0.3) is 0 Å². The normalized spacial score (nSPS) is 14.0. The van der Waals surface area contributed by atoms with Crippen molar-refractivity contribution in [1.82, 2.24) is 9.72 Å². The first-order valence-corrected chi connectivity index (χ1v) is 9.19. The third-order valence-electron chi connectivity index (χ3n) is 5.24. The van der Waals surface area contributed by atoms with Crippen LogP contribution in [-0.2, 0) is 25.8 Å². The Labute approximate surface area is 144 Å². The van der Waals surface area contributed by atoms with Crippen LogP contribution in [0.25, 0.3) is 5.52 Å². The molecule has 124 valence electrons. The van der Waals surface area contributed by atoms with E-state index in [-0.39, 0.29) is 0 Å². The summed E-state index contributed by atoms with van der Waals surface area (Å²) in [5, 5.41) is 3.62. The molecule has 1 N–H and O–H groups in total. The largest absolute Gasteiger partial charge is 0.320 e. The fourth-order valence-electron chi connectivity index (χ4n) is 4.03. The molecule has 0 spiro atoms. The van der Waals surface area contributed by atoms with Gasteiger partial charge in [-0.2, -0.15) is 0 Å². The lowest BCUT2D eigenvalue weighted by atomic mass is 9.93. The molecule has 1 aliphatic carbocycles. The van der Waals surface area contributed by atoms with Crippen molar-refractivity contribution in [3.63, 3.8) is 0 Å². The first kappa shape index (κ1) is 15.5. The molecule has 0 amide bonds. The minimum Gasteiger partial charge on any atom is -0.320 e. The zero-order chi connectivity index (χ0) is 16.4. The maximum absolute atomic E-state index is 3.62. The highest BCUT2D eigenvalue weighted by Crippen LogP contribution is 2.31. The van der Waals surface area contributed by atoms with E-state index in [1.54, 1.807) is 16.8 Å². The van der Waals surface area contributed by atoms with Gasteiger partial charge >= 0.3 is 0 Å². The Bertz CT molecular complexity index is 830. The Morgan fingerprint density at radius 2 is 1.88 bits per heavy atom. The zero-order valence-corrected chi connectivity index (χ0v) is 14.5. The number of hydrogen-bond acceptors (Lipinski definition) is 1. The van der Waals surface area contributed by atoms with Crippen molar-refractivity contribution in [2.45, 2.75) is 45.6 Å². The lowest BCUT2D eigenvalue weighted by Crippen LogP contribution is -2.17. The predicted molar refractivity (Wildman–Crippen MR) is 101 cm³/mol. The van der Waals surface area contributed by atoms with Gasteiger partial charge in [0.2, 0.25) is 0 Å². The minimum atomic E-state index is 0.952. The molecule has 0 unspecified atom stereocenters. The smallest absolute Gasteiger partial charge is 0.0490 e. The van der Waals surface area contributed by atoms with E-state index in [0.717, 1.165) is 19.5 Å². The van der Waals surface area contributed by atoms with E-state index < -0.39 is 0 Å². The van der Waals surface area contributed by atoms with Gasteiger partial charge in [0.1, 0.15) is 0 Å². The summed E-state index contributed by atoms with van der Waals surface area (Å²) in [5.41, 5.74) is 8.92. The van der Waals surface area contributed by atoms with Gasteiger partial charge in [-0.3, -0.25) is 0 Å². The van der Waals surface area contributed by atoms with E-state index in [4.69, 9.17) is 0 Å². The van der Waals surface area contributed by atoms with Crippen LogP contribution >= 0.6 is 0 Å². The van der Waals surface area contributed by atoms with Gasteiger partial charge in [0, 0.05) is 24.0 Å². The SMILES string of the molecule is Cc1ccn2c3c(c(CCNCc4ccccc4)c2c1)CCCC3. The van der Waals surface area contributed by atoms with Gasteiger partial charge in [-0.1, -0.05) is 30.3 Å².